The van der Waals surface area contributed by atoms with Crippen LogP contribution in [-0.2, 0) is 9.53 Å². The van der Waals surface area contributed by atoms with Gasteiger partial charge in [-0.15, -0.1) is 11.8 Å². The lowest BCUT2D eigenvalue weighted by atomic mass is 10.0. The number of thioether (sulfide) groups is 1. The van der Waals surface area contributed by atoms with E-state index in [0.29, 0.717) is 41.0 Å². The van der Waals surface area contributed by atoms with Crippen LogP contribution in [0.4, 0.5) is 5.69 Å². The van der Waals surface area contributed by atoms with Gasteiger partial charge in [-0.3, -0.25) is 14.6 Å². The van der Waals surface area contributed by atoms with Crippen LogP contribution in [-0.4, -0.2) is 30.3 Å². The number of esters is 1. The molecule has 6 heteroatoms. The zero-order valence-corrected chi connectivity index (χ0v) is 18.3. The summed E-state index contributed by atoms with van der Waals surface area (Å²) in [6.45, 7) is 8.06. The van der Waals surface area contributed by atoms with Crippen molar-refractivity contribution in [2.45, 2.75) is 64.7 Å². The van der Waals surface area contributed by atoms with Gasteiger partial charge in [0.05, 0.1) is 29.3 Å². The van der Waals surface area contributed by atoms with E-state index >= 15 is 0 Å². The summed E-state index contributed by atoms with van der Waals surface area (Å²) in [6.07, 6.45) is 6.40. The maximum absolute atomic E-state index is 12.0. The van der Waals surface area contributed by atoms with Gasteiger partial charge in [0.1, 0.15) is 0 Å². The molecule has 0 saturated heterocycles. The molecule has 1 aromatic rings. The van der Waals surface area contributed by atoms with Gasteiger partial charge in [-0.05, 0) is 38.3 Å². The number of hydrogen-bond acceptors (Lipinski definition) is 5. The van der Waals surface area contributed by atoms with E-state index in [2.05, 4.69) is 18.8 Å². The molecule has 0 aromatic heterocycles. The minimum atomic E-state index is -0.187. The van der Waals surface area contributed by atoms with Crippen LogP contribution >= 0.6 is 23.4 Å². The van der Waals surface area contributed by atoms with Crippen molar-refractivity contribution in [3.05, 3.63) is 22.7 Å². The van der Waals surface area contributed by atoms with Gasteiger partial charge in [-0.25, -0.2) is 0 Å². The Balaban J connectivity index is 2.57. The molecule has 4 nitrogen and oxygen atoms in total. The number of ether oxygens (including phenoxy) is 1. The number of ketones is 1. The van der Waals surface area contributed by atoms with Crippen LogP contribution in [0.15, 0.2) is 22.0 Å². The molecule has 0 amide bonds. The summed E-state index contributed by atoms with van der Waals surface area (Å²) < 4.78 is 5.41. The quantitative estimate of drug-likeness (QED) is 0.170. The first-order valence-corrected chi connectivity index (χ1v) is 10.9. The number of carbonyl (C=O) groups excluding carboxylic acids is 2. The first-order chi connectivity index (χ1) is 12.9. The molecule has 0 aliphatic heterocycles. The highest BCUT2D eigenvalue weighted by Crippen LogP contribution is 2.36. The Bertz CT molecular complexity index is 661. The zero-order valence-electron chi connectivity index (χ0n) is 16.7. The van der Waals surface area contributed by atoms with E-state index in [1.165, 1.54) is 25.1 Å². The van der Waals surface area contributed by atoms with Crippen LogP contribution < -0.4 is 0 Å². The summed E-state index contributed by atoms with van der Waals surface area (Å²) >= 11 is 7.85. The lowest BCUT2D eigenvalue weighted by molar-refractivity contribution is -0.144. The van der Waals surface area contributed by atoms with Crippen molar-refractivity contribution in [1.82, 2.24) is 0 Å². The Hall–Kier alpha value is -1.33. The Morgan fingerprint density at radius 1 is 1.33 bits per heavy atom. The lowest BCUT2D eigenvalue weighted by Crippen LogP contribution is -2.14. The van der Waals surface area contributed by atoms with Crippen LogP contribution in [0.2, 0.25) is 5.02 Å². The fourth-order valence-electron chi connectivity index (χ4n) is 2.67. The molecule has 0 N–H and O–H groups in total. The van der Waals surface area contributed by atoms with Crippen molar-refractivity contribution in [2.24, 2.45) is 10.9 Å². The molecule has 0 fully saturated rings. The monoisotopic (exact) mass is 411 g/mol. The van der Waals surface area contributed by atoms with E-state index in [9.17, 15) is 9.59 Å². The molecule has 1 aromatic carbocycles. The highest BCUT2D eigenvalue weighted by Gasteiger charge is 2.16. The summed E-state index contributed by atoms with van der Waals surface area (Å²) in [5, 5.41) is 0.398. The van der Waals surface area contributed by atoms with Gasteiger partial charge in [-0.2, -0.15) is 0 Å². The van der Waals surface area contributed by atoms with Crippen LogP contribution in [0.25, 0.3) is 0 Å². The van der Waals surface area contributed by atoms with Gasteiger partial charge in [0.15, 0.2) is 5.78 Å². The van der Waals surface area contributed by atoms with E-state index in [4.69, 9.17) is 16.3 Å². The van der Waals surface area contributed by atoms with Crippen molar-refractivity contribution < 1.29 is 14.3 Å². The van der Waals surface area contributed by atoms with Gasteiger partial charge in [0.2, 0.25) is 0 Å². The zero-order chi connectivity index (χ0) is 20.2. The lowest BCUT2D eigenvalue weighted by Gasteiger charge is -2.14. The molecule has 1 unspecified atom stereocenters. The van der Waals surface area contributed by atoms with E-state index < -0.39 is 0 Å². The highest BCUT2D eigenvalue weighted by molar-refractivity contribution is 7.99. The SMILES string of the molecule is CC=Nc1ccc(SCCC(=O)OCC(CC)CCCC)c(Cl)c1C(C)=O. The van der Waals surface area contributed by atoms with Crippen molar-refractivity contribution >= 4 is 47.0 Å². The number of unbranched alkanes of at least 4 members (excludes halogenated alkanes) is 1. The van der Waals surface area contributed by atoms with E-state index in [1.807, 2.05) is 6.07 Å². The second kappa shape index (κ2) is 12.9. The van der Waals surface area contributed by atoms with Gasteiger partial charge >= 0.3 is 5.97 Å². The van der Waals surface area contributed by atoms with E-state index in [1.54, 1.807) is 19.2 Å². The molecule has 0 aliphatic carbocycles. The maximum atomic E-state index is 12.0. The highest BCUT2D eigenvalue weighted by atomic mass is 35.5. The smallest absolute Gasteiger partial charge is 0.306 e. The predicted molar refractivity (Wildman–Crippen MR) is 115 cm³/mol. The Kier molecular flexibility index (Phi) is 11.4. The van der Waals surface area contributed by atoms with Crippen molar-refractivity contribution in [3.63, 3.8) is 0 Å². The number of benzene rings is 1. The van der Waals surface area contributed by atoms with Crippen molar-refractivity contribution in [3.8, 4) is 0 Å². The number of aliphatic imine (C=N–C) groups is 1. The number of Topliss-reactive ketones (excluding diaryl/α,β-unsaturated/α-hetero) is 1. The molecule has 0 saturated carbocycles. The molecule has 0 bridgehead atoms. The topological polar surface area (TPSA) is 55.7 Å². The molecular weight excluding hydrogens is 382 g/mol. The largest absolute Gasteiger partial charge is 0.465 e. The van der Waals surface area contributed by atoms with Crippen LogP contribution in [0, 0.1) is 5.92 Å². The second-order valence-corrected chi connectivity index (χ2v) is 7.93. The van der Waals surface area contributed by atoms with Gasteiger partial charge in [-0.1, -0.05) is 44.7 Å². The average molecular weight is 412 g/mol. The van der Waals surface area contributed by atoms with Gasteiger partial charge < -0.3 is 4.74 Å². The Labute approximate surface area is 172 Å². The first-order valence-electron chi connectivity index (χ1n) is 9.55. The van der Waals surface area contributed by atoms with Gasteiger partial charge in [0.25, 0.3) is 0 Å². The fraction of sp³-hybridized carbons (Fsp3) is 0.571. The maximum Gasteiger partial charge on any atom is 0.306 e. The summed E-state index contributed by atoms with van der Waals surface area (Å²) in [4.78, 5) is 28.9. The molecule has 0 radical (unpaired) electrons. The van der Waals surface area contributed by atoms with Crippen molar-refractivity contribution in [1.29, 1.82) is 0 Å². The number of hydrogen-bond donors (Lipinski definition) is 0. The number of halogens is 1. The first kappa shape index (κ1) is 23.7. The predicted octanol–water partition coefficient (Wildman–Crippen LogP) is 6.51. The third-order valence-electron chi connectivity index (χ3n) is 4.29. The van der Waals surface area contributed by atoms with Crippen LogP contribution in [0.3, 0.4) is 0 Å². The summed E-state index contributed by atoms with van der Waals surface area (Å²) in [5.41, 5.74) is 0.987. The average Bonchev–Trinajstić information content (AvgIpc) is 2.63. The molecule has 1 atom stereocenters. The minimum Gasteiger partial charge on any atom is -0.465 e. The molecule has 0 aliphatic rings. The van der Waals surface area contributed by atoms with E-state index in [-0.39, 0.29) is 11.8 Å². The third kappa shape index (κ3) is 8.06. The Morgan fingerprint density at radius 2 is 2.07 bits per heavy atom. The van der Waals surface area contributed by atoms with Crippen LogP contribution in [0.5, 0.6) is 0 Å². The van der Waals surface area contributed by atoms with Crippen LogP contribution in [0.1, 0.15) is 70.2 Å². The molecule has 27 heavy (non-hydrogen) atoms. The summed E-state index contributed by atoms with van der Waals surface area (Å²) in [5.74, 6) is 0.686. The third-order valence-corrected chi connectivity index (χ3v) is 5.86. The number of carbonyl (C=O) groups is 2. The molecular formula is C21H30ClNO3S. The standard InChI is InChI=1S/C21H30ClNO3S/c1-5-8-9-16(6-2)14-26-19(25)12-13-27-18-11-10-17(23-7-3)20(15(4)24)21(18)22/h7,10-11,16H,5-6,8-9,12-14H2,1-4H3. The summed E-state index contributed by atoms with van der Waals surface area (Å²) in [6, 6.07) is 3.62. The molecule has 1 rings (SSSR count). The van der Waals surface area contributed by atoms with E-state index in [0.717, 1.165) is 24.2 Å². The van der Waals surface area contributed by atoms with Gasteiger partial charge in [0, 0.05) is 16.9 Å². The Morgan fingerprint density at radius 3 is 2.67 bits per heavy atom. The molecule has 0 spiro atoms. The minimum absolute atomic E-state index is 0.125. The molecule has 0 heterocycles. The fourth-order valence-corrected chi connectivity index (χ4v) is 4.00. The van der Waals surface area contributed by atoms with Crippen molar-refractivity contribution in [2.75, 3.05) is 12.4 Å². The second-order valence-electron chi connectivity index (χ2n) is 6.41. The summed E-state index contributed by atoms with van der Waals surface area (Å²) in [7, 11) is 0. The normalized spacial score (nSPS) is 12.3. The number of rotatable bonds is 12. The number of nitrogens with zero attached hydrogens (tertiary/aromatic N) is 1. The molecule has 150 valence electrons.